The van der Waals surface area contributed by atoms with Crippen molar-refractivity contribution < 1.29 is 0 Å². The van der Waals surface area contributed by atoms with Gasteiger partial charge < -0.3 is 0 Å². The van der Waals surface area contributed by atoms with E-state index in [-0.39, 0.29) is 0 Å². The standard InChI is InChI=1S/C6H5Br2/c7-5-3-1-2-4-6(5)8/h1-3H,4H2. The van der Waals surface area contributed by atoms with Gasteiger partial charge in [0.2, 0.25) is 0 Å². The highest BCUT2D eigenvalue weighted by atomic mass is 79.9. The summed E-state index contributed by atoms with van der Waals surface area (Å²) < 4.78 is 2.38. The van der Waals surface area contributed by atoms with E-state index in [9.17, 15) is 0 Å². The molecule has 1 aliphatic rings. The lowest BCUT2D eigenvalue weighted by atomic mass is 10.2. The quantitative estimate of drug-likeness (QED) is 0.606. The molecule has 0 aliphatic heterocycles. The second kappa shape index (κ2) is 2.83. The van der Waals surface area contributed by atoms with Crippen LogP contribution in [-0.4, -0.2) is 0 Å². The molecule has 0 atom stereocenters. The molecule has 0 aromatic rings. The number of rotatable bonds is 0. The molecule has 1 rings (SSSR count). The Labute approximate surface area is 65.9 Å². The summed E-state index contributed by atoms with van der Waals surface area (Å²) in [6, 6.07) is 0. The highest BCUT2D eigenvalue weighted by Gasteiger charge is 2.00. The Morgan fingerprint density at radius 2 is 2.12 bits per heavy atom. The first-order chi connectivity index (χ1) is 3.80. The summed E-state index contributed by atoms with van der Waals surface area (Å²) in [4.78, 5) is 0. The fraction of sp³-hybridized carbons (Fsp3) is 0.167. The predicted molar refractivity (Wildman–Crippen MR) is 42.9 cm³/mol. The minimum absolute atomic E-state index is 1.01. The molecule has 0 aromatic heterocycles. The zero-order chi connectivity index (χ0) is 5.98. The Balaban J connectivity index is 2.76. The lowest BCUT2D eigenvalue weighted by molar-refractivity contribution is 1.24. The van der Waals surface area contributed by atoms with E-state index < -0.39 is 0 Å². The van der Waals surface area contributed by atoms with Gasteiger partial charge in [-0.3, -0.25) is 0 Å². The van der Waals surface area contributed by atoms with E-state index >= 15 is 0 Å². The largest absolute Gasteiger partial charge is 0.0793 e. The summed E-state index contributed by atoms with van der Waals surface area (Å²) in [5, 5.41) is 0. The smallest absolute Gasteiger partial charge is 0.0273 e. The number of hydrogen-bond acceptors (Lipinski definition) is 0. The van der Waals surface area contributed by atoms with E-state index in [0.717, 1.165) is 10.9 Å². The van der Waals surface area contributed by atoms with Crippen LogP contribution in [0, 0.1) is 6.42 Å². The third-order valence-electron chi connectivity index (χ3n) is 0.935. The van der Waals surface area contributed by atoms with Crippen molar-refractivity contribution in [2.24, 2.45) is 0 Å². The average Bonchev–Trinajstić information content (AvgIpc) is 1.77. The van der Waals surface area contributed by atoms with Crippen LogP contribution >= 0.6 is 31.9 Å². The minimum Gasteiger partial charge on any atom is -0.0793 e. The maximum absolute atomic E-state index is 3.40. The van der Waals surface area contributed by atoms with Gasteiger partial charge in [-0.2, -0.15) is 0 Å². The Morgan fingerprint density at radius 3 is 2.50 bits per heavy atom. The van der Waals surface area contributed by atoms with E-state index in [1.807, 2.05) is 12.2 Å². The van der Waals surface area contributed by atoms with Crippen molar-refractivity contribution in [3.8, 4) is 0 Å². The van der Waals surface area contributed by atoms with Crippen molar-refractivity contribution >= 4 is 31.9 Å². The van der Waals surface area contributed by atoms with Gasteiger partial charge in [-0.05, 0) is 28.8 Å². The summed E-state index contributed by atoms with van der Waals surface area (Å²) >= 11 is 6.78. The van der Waals surface area contributed by atoms with Crippen molar-refractivity contribution in [2.45, 2.75) is 6.42 Å². The molecule has 8 heavy (non-hydrogen) atoms. The summed E-state index contributed by atoms with van der Waals surface area (Å²) in [6.45, 7) is 0. The summed E-state index contributed by atoms with van der Waals surface area (Å²) in [7, 11) is 0. The van der Waals surface area contributed by atoms with Crippen LogP contribution in [0.2, 0.25) is 0 Å². The van der Waals surface area contributed by atoms with E-state index in [1.165, 1.54) is 4.48 Å². The molecule has 0 spiro atoms. The van der Waals surface area contributed by atoms with E-state index in [1.54, 1.807) is 0 Å². The number of hydrogen-bond donors (Lipinski definition) is 0. The summed E-state index contributed by atoms with van der Waals surface area (Å²) in [5.41, 5.74) is 0. The topological polar surface area (TPSA) is 0 Å². The first-order valence-electron chi connectivity index (χ1n) is 2.35. The maximum Gasteiger partial charge on any atom is 0.0273 e. The molecular formula is C6H5Br2. The van der Waals surface area contributed by atoms with Crippen molar-refractivity contribution in [3.63, 3.8) is 0 Å². The van der Waals surface area contributed by atoms with E-state index in [0.29, 0.717) is 0 Å². The molecule has 0 fully saturated rings. The molecule has 43 valence electrons. The van der Waals surface area contributed by atoms with Crippen LogP contribution < -0.4 is 0 Å². The van der Waals surface area contributed by atoms with Gasteiger partial charge in [-0.25, -0.2) is 0 Å². The molecule has 0 saturated carbocycles. The minimum atomic E-state index is 1.01. The van der Waals surface area contributed by atoms with Crippen molar-refractivity contribution in [2.75, 3.05) is 0 Å². The zero-order valence-corrected chi connectivity index (χ0v) is 7.37. The van der Waals surface area contributed by atoms with E-state index in [2.05, 4.69) is 38.3 Å². The fourth-order valence-electron chi connectivity index (χ4n) is 0.512. The average molecular weight is 237 g/mol. The first kappa shape index (κ1) is 6.56. The predicted octanol–water partition coefficient (Wildman–Crippen LogP) is 3.15. The van der Waals surface area contributed by atoms with Gasteiger partial charge in [0.25, 0.3) is 0 Å². The van der Waals surface area contributed by atoms with Gasteiger partial charge in [-0.1, -0.05) is 28.1 Å². The van der Waals surface area contributed by atoms with Gasteiger partial charge in [0.15, 0.2) is 0 Å². The molecule has 2 heteroatoms. The van der Waals surface area contributed by atoms with Gasteiger partial charge >= 0.3 is 0 Å². The molecule has 1 aliphatic carbocycles. The molecule has 0 unspecified atom stereocenters. The number of allylic oxidation sites excluding steroid dienone is 4. The van der Waals surface area contributed by atoms with Crippen LogP contribution in [0.4, 0.5) is 0 Å². The van der Waals surface area contributed by atoms with Gasteiger partial charge in [0.1, 0.15) is 0 Å². The molecule has 0 aromatic carbocycles. The highest BCUT2D eigenvalue weighted by Crippen LogP contribution is 2.26. The normalized spacial score (nSPS) is 19.8. The van der Waals surface area contributed by atoms with Gasteiger partial charge in [0, 0.05) is 8.96 Å². The van der Waals surface area contributed by atoms with Crippen LogP contribution in [0.15, 0.2) is 21.1 Å². The van der Waals surface area contributed by atoms with Crippen LogP contribution in [0.3, 0.4) is 0 Å². The molecule has 0 N–H and O–H groups in total. The van der Waals surface area contributed by atoms with Crippen LogP contribution in [0.1, 0.15) is 6.42 Å². The van der Waals surface area contributed by atoms with Gasteiger partial charge in [0.05, 0.1) is 0 Å². The Hall–Kier alpha value is 0.440. The SMILES string of the molecule is BrC1=C(Br)C[CH]C=C1. The third-order valence-corrected chi connectivity index (χ3v) is 2.96. The van der Waals surface area contributed by atoms with Crippen LogP contribution in [0.25, 0.3) is 0 Å². The molecular weight excluding hydrogens is 232 g/mol. The first-order valence-corrected chi connectivity index (χ1v) is 3.93. The monoisotopic (exact) mass is 235 g/mol. The Bertz CT molecular complexity index is 145. The van der Waals surface area contributed by atoms with Crippen molar-refractivity contribution in [1.82, 2.24) is 0 Å². The molecule has 0 amide bonds. The molecule has 0 saturated heterocycles. The summed E-state index contributed by atoms with van der Waals surface area (Å²) in [6.07, 6.45) is 7.17. The molecule has 0 heterocycles. The molecule has 0 bridgehead atoms. The lowest BCUT2D eigenvalue weighted by Gasteiger charge is -2.02. The number of halogens is 2. The molecule has 0 nitrogen and oxygen atoms in total. The Kier molecular flexibility index (Phi) is 2.32. The second-order valence-corrected chi connectivity index (χ2v) is 3.36. The van der Waals surface area contributed by atoms with Crippen molar-refractivity contribution in [1.29, 1.82) is 0 Å². The lowest BCUT2D eigenvalue weighted by Crippen LogP contribution is -1.81. The fourth-order valence-corrected chi connectivity index (χ4v) is 1.15. The van der Waals surface area contributed by atoms with Gasteiger partial charge in [-0.15, -0.1) is 0 Å². The third kappa shape index (κ3) is 1.46. The summed E-state index contributed by atoms with van der Waals surface area (Å²) in [5.74, 6) is 0. The van der Waals surface area contributed by atoms with E-state index in [4.69, 9.17) is 0 Å². The Morgan fingerprint density at radius 1 is 1.38 bits per heavy atom. The van der Waals surface area contributed by atoms with Crippen molar-refractivity contribution in [3.05, 3.63) is 27.5 Å². The molecule has 1 radical (unpaired) electrons. The zero-order valence-electron chi connectivity index (χ0n) is 4.20. The second-order valence-electron chi connectivity index (χ2n) is 1.55. The maximum atomic E-state index is 3.40. The van der Waals surface area contributed by atoms with Crippen LogP contribution in [0.5, 0.6) is 0 Å². The van der Waals surface area contributed by atoms with Crippen LogP contribution in [-0.2, 0) is 0 Å². The highest BCUT2D eigenvalue weighted by molar-refractivity contribution is 9.14.